The maximum absolute atomic E-state index is 14.4. The van der Waals surface area contributed by atoms with Crippen molar-refractivity contribution in [3.8, 4) is 5.75 Å². The molecule has 30 heavy (non-hydrogen) atoms. The standard InChI is InChI=1S/C23H24ClFN2O3/c1-23(2)22(29)27(13-16-17(24)8-5-9-18(16)25)19-12-14(10-11-20(19)30-23)21(28)26-15-6-3-4-7-15/h5,8-12,15H,3-4,6-7,13H2,1-2H3,(H,26,28). The summed E-state index contributed by atoms with van der Waals surface area (Å²) in [6, 6.07) is 9.59. The molecule has 0 unspecified atom stereocenters. The number of ether oxygens (including phenoxy) is 1. The third kappa shape index (κ3) is 3.88. The highest BCUT2D eigenvalue weighted by Gasteiger charge is 2.41. The second kappa shape index (κ2) is 7.91. The summed E-state index contributed by atoms with van der Waals surface area (Å²) in [5.74, 6) is -0.547. The molecule has 1 aliphatic carbocycles. The minimum absolute atomic E-state index is 0.0577. The topological polar surface area (TPSA) is 58.6 Å². The second-order valence-corrected chi connectivity index (χ2v) is 8.75. The van der Waals surface area contributed by atoms with Gasteiger partial charge < -0.3 is 15.0 Å². The van der Waals surface area contributed by atoms with Crippen molar-refractivity contribution in [2.75, 3.05) is 4.90 Å². The Bertz CT molecular complexity index is 982. The molecule has 2 aromatic carbocycles. The van der Waals surface area contributed by atoms with Crippen LogP contribution in [0.2, 0.25) is 5.02 Å². The molecule has 1 N–H and O–H groups in total. The van der Waals surface area contributed by atoms with Crippen LogP contribution in [-0.4, -0.2) is 23.5 Å². The van der Waals surface area contributed by atoms with Crippen molar-refractivity contribution in [1.82, 2.24) is 5.32 Å². The highest BCUT2D eigenvalue weighted by Crippen LogP contribution is 2.40. The largest absolute Gasteiger partial charge is 0.476 e. The zero-order chi connectivity index (χ0) is 21.5. The molecule has 1 fully saturated rings. The van der Waals surface area contributed by atoms with Crippen molar-refractivity contribution in [3.05, 3.63) is 58.4 Å². The van der Waals surface area contributed by atoms with Crippen molar-refractivity contribution >= 4 is 29.1 Å². The van der Waals surface area contributed by atoms with E-state index in [1.165, 1.54) is 17.0 Å². The molecule has 2 aliphatic rings. The molecular weight excluding hydrogens is 407 g/mol. The Morgan fingerprint density at radius 3 is 2.70 bits per heavy atom. The molecule has 4 rings (SSSR count). The third-order valence-electron chi connectivity index (χ3n) is 5.71. The molecule has 5 nitrogen and oxygen atoms in total. The van der Waals surface area contributed by atoms with Gasteiger partial charge in [0.25, 0.3) is 11.8 Å². The summed E-state index contributed by atoms with van der Waals surface area (Å²) in [5, 5.41) is 3.29. The minimum Gasteiger partial charge on any atom is -0.476 e. The number of nitrogens with zero attached hydrogens (tertiary/aromatic N) is 1. The van der Waals surface area contributed by atoms with Gasteiger partial charge in [0.1, 0.15) is 11.6 Å². The smallest absolute Gasteiger partial charge is 0.271 e. The fraction of sp³-hybridized carbons (Fsp3) is 0.391. The molecule has 1 aliphatic heterocycles. The predicted molar refractivity (Wildman–Crippen MR) is 113 cm³/mol. The number of anilines is 1. The van der Waals surface area contributed by atoms with E-state index in [1.54, 1.807) is 38.1 Å². The average molecular weight is 431 g/mol. The van der Waals surface area contributed by atoms with E-state index in [0.717, 1.165) is 25.7 Å². The number of halogens is 2. The average Bonchev–Trinajstić information content (AvgIpc) is 3.20. The first-order valence-corrected chi connectivity index (χ1v) is 10.5. The first-order valence-electron chi connectivity index (χ1n) is 10.1. The zero-order valence-corrected chi connectivity index (χ0v) is 17.8. The number of nitrogens with one attached hydrogen (secondary N) is 1. The number of carbonyl (C=O) groups excluding carboxylic acids is 2. The number of benzene rings is 2. The molecule has 0 aromatic heterocycles. The Labute approximate surface area is 180 Å². The SMILES string of the molecule is CC1(C)Oc2ccc(C(=O)NC3CCCC3)cc2N(Cc2c(F)cccc2Cl)C1=O. The van der Waals surface area contributed by atoms with Crippen LogP contribution in [-0.2, 0) is 11.3 Å². The maximum atomic E-state index is 14.4. The van der Waals surface area contributed by atoms with Gasteiger partial charge in [-0.3, -0.25) is 9.59 Å². The zero-order valence-electron chi connectivity index (χ0n) is 17.0. The van der Waals surface area contributed by atoms with Crippen LogP contribution in [0.1, 0.15) is 55.5 Å². The summed E-state index contributed by atoms with van der Waals surface area (Å²) in [6.07, 6.45) is 4.18. The molecule has 7 heteroatoms. The highest BCUT2D eigenvalue weighted by atomic mass is 35.5. The lowest BCUT2D eigenvalue weighted by atomic mass is 10.0. The monoisotopic (exact) mass is 430 g/mol. The summed E-state index contributed by atoms with van der Waals surface area (Å²) >= 11 is 6.20. The Balaban J connectivity index is 1.70. The quantitative estimate of drug-likeness (QED) is 0.753. The molecular formula is C23H24ClFN2O3. The van der Waals surface area contributed by atoms with Gasteiger partial charge in [-0.05, 0) is 57.0 Å². The molecule has 1 heterocycles. The summed E-state index contributed by atoms with van der Waals surface area (Å²) < 4.78 is 20.3. The minimum atomic E-state index is -1.13. The fourth-order valence-electron chi connectivity index (χ4n) is 4.05. The lowest BCUT2D eigenvalue weighted by Crippen LogP contribution is -2.52. The van der Waals surface area contributed by atoms with Crippen LogP contribution in [0, 0.1) is 5.82 Å². The van der Waals surface area contributed by atoms with Crippen molar-refractivity contribution in [2.45, 2.75) is 57.7 Å². The van der Waals surface area contributed by atoms with Gasteiger partial charge in [-0.2, -0.15) is 0 Å². The molecule has 0 saturated heterocycles. The third-order valence-corrected chi connectivity index (χ3v) is 6.06. The van der Waals surface area contributed by atoms with Crippen LogP contribution in [0.15, 0.2) is 36.4 Å². The van der Waals surface area contributed by atoms with Gasteiger partial charge in [0, 0.05) is 22.2 Å². The Hall–Kier alpha value is -2.60. The summed E-state index contributed by atoms with van der Waals surface area (Å²) in [7, 11) is 0. The van der Waals surface area contributed by atoms with Crippen LogP contribution >= 0.6 is 11.6 Å². The molecule has 0 bridgehead atoms. The van der Waals surface area contributed by atoms with Crippen LogP contribution in [0.4, 0.5) is 10.1 Å². The molecule has 158 valence electrons. The normalized spacial score (nSPS) is 18.1. The number of hydrogen-bond acceptors (Lipinski definition) is 3. The van der Waals surface area contributed by atoms with E-state index < -0.39 is 11.4 Å². The van der Waals surface area contributed by atoms with Crippen LogP contribution in [0.25, 0.3) is 0 Å². The van der Waals surface area contributed by atoms with Crippen molar-refractivity contribution in [1.29, 1.82) is 0 Å². The number of fused-ring (bicyclic) bond motifs is 1. The van der Waals surface area contributed by atoms with Gasteiger partial charge in [0.15, 0.2) is 5.60 Å². The molecule has 1 saturated carbocycles. The molecule has 0 spiro atoms. The second-order valence-electron chi connectivity index (χ2n) is 8.34. The van der Waals surface area contributed by atoms with Gasteiger partial charge in [0.05, 0.1) is 12.2 Å². The number of amides is 2. The van der Waals surface area contributed by atoms with Gasteiger partial charge in [-0.1, -0.05) is 30.5 Å². The van der Waals surface area contributed by atoms with Gasteiger partial charge in [-0.25, -0.2) is 4.39 Å². The van der Waals surface area contributed by atoms with E-state index in [4.69, 9.17) is 16.3 Å². The van der Waals surface area contributed by atoms with E-state index in [2.05, 4.69) is 5.32 Å². The van der Waals surface area contributed by atoms with Gasteiger partial charge >= 0.3 is 0 Å². The van der Waals surface area contributed by atoms with E-state index in [0.29, 0.717) is 17.0 Å². The lowest BCUT2D eigenvalue weighted by molar-refractivity contribution is -0.132. The molecule has 0 atom stereocenters. The summed E-state index contributed by atoms with van der Waals surface area (Å²) in [6.45, 7) is 3.27. The van der Waals surface area contributed by atoms with Crippen molar-refractivity contribution < 1.29 is 18.7 Å². The summed E-state index contributed by atoms with van der Waals surface area (Å²) in [5.41, 5.74) is -0.0469. The number of carbonyl (C=O) groups is 2. The summed E-state index contributed by atoms with van der Waals surface area (Å²) in [4.78, 5) is 27.3. The van der Waals surface area contributed by atoms with Crippen LogP contribution in [0.3, 0.4) is 0 Å². The Morgan fingerprint density at radius 1 is 1.27 bits per heavy atom. The van der Waals surface area contributed by atoms with Crippen LogP contribution < -0.4 is 15.0 Å². The van der Waals surface area contributed by atoms with Crippen molar-refractivity contribution in [2.24, 2.45) is 0 Å². The van der Waals surface area contributed by atoms with E-state index in [1.807, 2.05) is 0 Å². The maximum Gasteiger partial charge on any atom is 0.271 e. The van der Waals surface area contributed by atoms with Gasteiger partial charge in [-0.15, -0.1) is 0 Å². The molecule has 2 aromatic rings. The van der Waals surface area contributed by atoms with Crippen molar-refractivity contribution in [3.63, 3.8) is 0 Å². The molecule has 2 amide bonds. The molecule has 0 radical (unpaired) electrons. The van der Waals surface area contributed by atoms with E-state index in [9.17, 15) is 14.0 Å². The van der Waals surface area contributed by atoms with E-state index >= 15 is 0 Å². The highest BCUT2D eigenvalue weighted by molar-refractivity contribution is 6.31. The number of rotatable bonds is 4. The predicted octanol–water partition coefficient (Wildman–Crippen LogP) is 4.86. The van der Waals surface area contributed by atoms with Gasteiger partial charge in [0.2, 0.25) is 0 Å². The van der Waals surface area contributed by atoms with Crippen LogP contribution in [0.5, 0.6) is 5.75 Å². The first-order chi connectivity index (χ1) is 14.3. The fourth-order valence-corrected chi connectivity index (χ4v) is 4.27. The number of hydrogen-bond donors (Lipinski definition) is 1. The Morgan fingerprint density at radius 2 is 2.00 bits per heavy atom. The lowest BCUT2D eigenvalue weighted by Gasteiger charge is -2.39. The van der Waals surface area contributed by atoms with E-state index in [-0.39, 0.29) is 35.0 Å². The Kier molecular flexibility index (Phi) is 5.45. The first kappa shape index (κ1) is 20.7.